The van der Waals surface area contributed by atoms with Gasteiger partial charge in [-0.15, -0.1) is 0 Å². The molecule has 29 heavy (non-hydrogen) atoms. The van der Waals surface area contributed by atoms with E-state index in [2.05, 4.69) is 21.9 Å². The Balaban J connectivity index is 0.00000240. The van der Waals surface area contributed by atoms with Gasteiger partial charge in [-0.1, -0.05) is 6.58 Å². The van der Waals surface area contributed by atoms with E-state index in [1.807, 2.05) is 4.90 Å². The molecule has 3 rings (SSSR count). The van der Waals surface area contributed by atoms with Crippen LogP contribution in [-0.4, -0.2) is 47.1 Å². The number of carbonyl (C=O) groups excluding carboxylic acids is 1. The number of nitrogens with zero attached hydrogens (tertiary/aromatic N) is 3. The zero-order valence-electron chi connectivity index (χ0n) is 17.0. The molecule has 0 amide bonds. The van der Waals surface area contributed by atoms with Crippen LogP contribution >= 0.6 is 0 Å². The molecule has 1 fully saturated rings. The van der Waals surface area contributed by atoms with Crippen LogP contribution in [0, 0.1) is 6.92 Å². The van der Waals surface area contributed by atoms with Crippen molar-refractivity contribution < 1.29 is 16.4 Å². The van der Waals surface area contributed by atoms with Crippen LogP contribution in [-0.2, 0) is 0 Å². The number of hydrogen-bond acceptors (Lipinski definition) is 5. The van der Waals surface area contributed by atoms with Crippen LogP contribution in [0.3, 0.4) is 0 Å². The number of aromatic nitrogens is 2. The van der Waals surface area contributed by atoms with Gasteiger partial charge >= 0.3 is 0 Å². The Bertz CT molecular complexity index is 934. The van der Waals surface area contributed by atoms with Crippen molar-refractivity contribution in [1.29, 1.82) is 0 Å². The van der Waals surface area contributed by atoms with Crippen LogP contribution in [0.15, 0.2) is 37.0 Å². The highest BCUT2D eigenvalue weighted by Gasteiger charge is 2.28. The molecule has 0 unspecified atom stereocenters. The highest BCUT2D eigenvalue weighted by Crippen LogP contribution is 2.26. The normalized spacial score (nSPS) is 17.3. The fraction of sp³-hybridized carbons (Fsp3) is 0.409. The first-order chi connectivity index (χ1) is 13.7. The highest BCUT2D eigenvalue weighted by molar-refractivity contribution is 6.10. The van der Waals surface area contributed by atoms with Gasteiger partial charge in [0, 0.05) is 51.5 Å². The molecule has 2 aromatic rings. The van der Waals surface area contributed by atoms with E-state index < -0.39 is 17.3 Å². The van der Waals surface area contributed by atoms with E-state index in [0.29, 0.717) is 43.1 Å². The summed E-state index contributed by atoms with van der Waals surface area (Å²) in [6.45, 7) is 10.1. The third-order valence-corrected chi connectivity index (χ3v) is 4.95. The molecule has 0 aliphatic carbocycles. The minimum absolute atomic E-state index is 0. The monoisotopic (exact) mass is 404 g/mol. The Labute approximate surface area is 172 Å². The maximum atomic E-state index is 14.1. The number of aryl methyl sites for hydroxylation is 1. The summed E-state index contributed by atoms with van der Waals surface area (Å²) in [6, 6.07) is 6.47. The summed E-state index contributed by atoms with van der Waals surface area (Å²) < 4.78 is 28.1. The number of piperazine rings is 1. The van der Waals surface area contributed by atoms with Gasteiger partial charge in [0.1, 0.15) is 23.0 Å². The average Bonchev–Trinajstić information content (AvgIpc) is 2.66. The molecule has 7 heteroatoms. The molecule has 5 nitrogen and oxygen atoms in total. The van der Waals surface area contributed by atoms with Gasteiger partial charge in [-0.25, -0.2) is 13.8 Å². The second-order valence-electron chi connectivity index (χ2n) is 7.96. The van der Waals surface area contributed by atoms with Crippen LogP contribution in [0.4, 0.5) is 14.6 Å². The molecule has 3 heterocycles. The van der Waals surface area contributed by atoms with Crippen LogP contribution in [0.1, 0.15) is 50.4 Å². The van der Waals surface area contributed by atoms with Crippen molar-refractivity contribution in [3.05, 3.63) is 59.6 Å². The summed E-state index contributed by atoms with van der Waals surface area (Å²) in [6.07, 6.45) is 1.96. The fourth-order valence-electron chi connectivity index (χ4n) is 3.62. The molecule has 1 N–H and O–H groups in total. The zero-order chi connectivity index (χ0) is 21.2. The number of halogens is 2. The Kier molecular flexibility index (Phi) is 6.07. The number of nitrogens with one attached hydrogen (secondary N) is 1. The van der Waals surface area contributed by atoms with E-state index in [-0.39, 0.29) is 20.2 Å². The van der Waals surface area contributed by atoms with Crippen LogP contribution in [0.25, 0.3) is 5.83 Å². The molecule has 0 spiro atoms. The molecule has 1 atom stereocenters. The third kappa shape index (κ3) is 5.03. The predicted molar refractivity (Wildman–Crippen MR) is 115 cm³/mol. The molecule has 1 saturated heterocycles. The SMILES string of the molecule is C=C(F)c1ccc(N2CCN[C@@H](CC(C)(C)F)C2)nc1C(=O)c1cccnc1C.[HH].[HH]. The van der Waals surface area contributed by atoms with Gasteiger partial charge in [-0.05, 0) is 51.5 Å². The maximum absolute atomic E-state index is 14.1. The first-order valence-corrected chi connectivity index (χ1v) is 9.65. The number of hydrogen-bond donors (Lipinski definition) is 1. The van der Waals surface area contributed by atoms with Gasteiger partial charge in [0.05, 0.1) is 0 Å². The third-order valence-electron chi connectivity index (χ3n) is 4.95. The first-order valence-electron chi connectivity index (χ1n) is 9.65. The summed E-state index contributed by atoms with van der Waals surface area (Å²) in [5, 5.41) is 3.32. The van der Waals surface area contributed by atoms with Crippen molar-refractivity contribution in [3.63, 3.8) is 0 Å². The zero-order valence-corrected chi connectivity index (χ0v) is 17.0. The summed E-state index contributed by atoms with van der Waals surface area (Å²) in [5.74, 6) is -0.558. The smallest absolute Gasteiger partial charge is 0.213 e. The Morgan fingerprint density at radius 2 is 2.14 bits per heavy atom. The van der Waals surface area contributed by atoms with Crippen molar-refractivity contribution in [2.45, 2.75) is 38.9 Å². The molecule has 158 valence electrons. The number of pyridine rings is 2. The molecule has 2 aromatic heterocycles. The number of rotatable bonds is 6. The van der Waals surface area contributed by atoms with Gasteiger partial charge in [-0.3, -0.25) is 9.78 Å². The number of alkyl halides is 1. The Hall–Kier alpha value is -2.67. The summed E-state index contributed by atoms with van der Waals surface area (Å²) in [4.78, 5) is 23.7. The van der Waals surface area contributed by atoms with E-state index in [1.165, 1.54) is 6.07 Å². The van der Waals surface area contributed by atoms with Crippen molar-refractivity contribution in [3.8, 4) is 0 Å². The maximum Gasteiger partial charge on any atom is 0.213 e. The molecule has 0 radical (unpaired) electrons. The number of carbonyl (C=O) groups is 1. The lowest BCUT2D eigenvalue weighted by Gasteiger charge is -2.36. The predicted octanol–water partition coefficient (Wildman–Crippen LogP) is 4.36. The summed E-state index contributed by atoms with van der Waals surface area (Å²) in [7, 11) is 0. The first kappa shape index (κ1) is 21.0. The lowest BCUT2D eigenvalue weighted by atomic mass is 9.99. The largest absolute Gasteiger partial charge is 0.354 e. The molecule has 1 aliphatic heterocycles. The highest BCUT2D eigenvalue weighted by atomic mass is 19.1. The van der Waals surface area contributed by atoms with E-state index in [1.54, 1.807) is 45.2 Å². The van der Waals surface area contributed by atoms with E-state index >= 15 is 0 Å². The Morgan fingerprint density at radius 1 is 1.38 bits per heavy atom. The molecule has 0 bridgehead atoms. The number of anilines is 1. The van der Waals surface area contributed by atoms with Gasteiger partial charge < -0.3 is 10.2 Å². The lowest BCUT2D eigenvalue weighted by Crippen LogP contribution is -2.52. The summed E-state index contributed by atoms with van der Waals surface area (Å²) >= 11 is 0. The van der Waals surface area contributed by atoms with Crippen LogP contribution in [0.2, 0.25) is 0 Å². The van der Waals surface area contributed by atoms with Crippen LogP contribution < -0.4 is 10.2 Å². The van der Waals surface area contributed by atoms with Crippen LogP contribution in [0.5, 0.6) is 0 Å². The fourth-order valence-corrected chi connectivity index (χ4v) is 3.62. The van der Waals surface area contributed by atoms with Crippen molar-refractivity contribution in [2.24, 2.45) is 0 Å². The standard InChI is InChI=1S/C22H26F2N4O.2H2/c1-14(23)17-7-8-19(28-11-10-26-16(13-28)12-22(3,4)24)27-20(17)21(29)18-6-5-9-25-15(18)2;;/h5-9,16,26H,1,10-13H2,2-4H3;2*1H/t16-;;/m0../s1. The molecule has 1 aliphatic rings. The van der Waals surface area contributed by atoms with E-state index in [0.717, 1.165) is 0 Å². The topological polar surface area (TPSA) is 58.1 Å². The van der Waals surface area contributed by atoms with Gasteiger partial charge in [0.25, 0.3) is 0 Å². The lowest BCUT2D eigenvalue weighted by molar-refractivity contribution is 0.103. The van der Waals surface area contributed by atoms with Gasteiger partial charge in [0.2, 0.25) is 5.78 Å². The molecular formula is C22H30F2N4O. The Morgan fingerprint density at radius 3 is 2.79 bits per heavy atom. The van der Waals surface area contributed by atoms with Gasteiger partial charge in [-0.2, -0.15) is 0 Å². The molecule has 0 aromatic carbocycles. The van der Waals surface area contributed by atoms with E-state index in [4.69, 9.17) is 0 Å². The van der Waals surface area contributed by atoms with Crippen molar-refractivity contribution >= 4 is 17.4 Å². The minimum atomic E-state index is -1.29. The number of ketones is 1. The minimum Gasteiger partial charge on any atom is -0.354 e. The summed E-state index contributed by atoms with van der Waals surface area (Å²) in [5.41, 5.74) is -0.293. The van der Waals surface area contributed by atoms with Crippen molar-refractivity contribution in [1.82, 2.24) is 15.3 Å². The van der Waals surface area contributed by atoms with Crippen molar-refractivity contribution in [2.75, 3.05) is 24.5 Å². The average molecular weight is 405 g/mol. The second kappa shape index (κ2) is 8.37. The molecule has 0 saturated carbocycles. The van der Waals surface area contributed by atoms with E-state index in [9.17, 15) is 13.6 Å². The van der Waals surface area contributed by atoms with Gasteiger partial charge in [0.15, 0.2) is 0 Å². The second-order valence-corrected chi connectivity index (χ2v) is 7.96. The molecular weight excluding hydrogens is 374 g/mol. The quantitative estimate of drug-likeness (QED) is 0.725.